The van der Waals surface area contributed by atoms with Crippen LogP contribution in [0.15, 0.2) is 42.5 Å². The minimum atomic E-state index is -0.981. The van der Waals surface area contributed by atoms with Crippen LogP contribution in [-0.2, 0) is 4.79 Å². The molecule has 1 atom stereocenters. The van der Waals surface area contributed by atoms with Crippen LogP contribution in [0, 0.1) is 11.6 Å². The van der Waals surface area contributed by atoms with E-state index in [4.69, 9.17) is 0 Å². The van der Waals surface area contributed by atoms with Gasteiger partial charge < -0.3 is 10.6 Å². The zero-order valence-electron chi connectivity index (χ0n) is 13.6. The lowest BCUT2D eigenvalue weighted by molar-refractivity contribution is -0.117. The fraction of sp³-hybridized carbons (Fsp3) is 0.222. The standard InChI is InChI=1S/C18H17F2N3O2/c1-11(16-14(19)3-2-4-15(16)20)17(24)22-12-5-7-13(8-6-12)23-10-9-21-18(23)25/h2-8,11H,9-10H2,1H3,(H,21,25)(H,22,24)/t11-/m0/s1. The molecule has 2 aromatic carbocycles. The minimum absolute atomic E-state index is 0.166. The molecule has 0 saturated carbocycles. The summed E-state index contributed by atoms with van der Waals surface area (Å²) in [4.78, 5) is 25.5. The van der Waals surface area contributed by atoms with Crippen LogP contribution in [0.1, 0.15) is 18.4 Å². The average molecular weight is 345 g/mol. The summed E-state index contributed by atoms with van der Waals surface area (Å²) in [5, 5.41) is 5.34. The Kier molecular flexibility index (Phi) is 4.65. The number of amides is 3. The first-order valence-electron chi connectivity index (χ1n) is 7.87. The number of anilines is 2. The van der Waals surface area contributed by atoms with Gasteiger partial charge in [0, 0.05) is 30.0 Å². The van der Waals surface area contributed by atoms with Crippen LogP contribution >= 0.6 is 0 Å². The Morgan fingerprint density at radius 3 is 2.36 bits per heavy atom. The van der Waals surface area contributed by atoms with Gasteiger partial charge in [-0.25, -0.2) is 13.6 Å². The van der Waals surface area contributed by atoms with Crippen molar-refractivity contribution in [3.05, 3.63) is 59.7 Å². The highest BCUT2D eigenvalue weighted by Gasteiger charge is 2.23. The van der Waals surface area contributed by atoms with E-state index in [0.29, 0.717) is 24.5 Å². The largest absolute Gasteiger partial charge is 0.336 e. The van der Waals surface area contributed by atoms with Crippen molar-refractivity contribution < 1.29 is 18.4 Å². The first-order valence-corrected chi connectivity index (χ1v) is 7.87. The summed E-state index contributed by atoms with van der Waals surface area (Å²) >= 11 is 0. The summed E-state index contributed by atoms with van der Waals surface area (Å²) < 4.78 is 27.6. The monoisotopic (exact) mass is 345 g/mol. The van der Waals surface area contributed by atoms with Gasteiger partial charge in [-0.3, -0.25) is 9.69 Å². The lowest BCUT2D eigenvalue weighted by Crippen LogP contribution is -2.27. The number of hydrogen-bond acceptors (Lipinski definition) is 2. The Balaban J connectivity index is 1.71. The van der Waals surface area contributed by atoms with Crippen LogP contribution < -0.4 is 15.5 Å². The first-order chi connectivity index (χ1) is 12.0. The number of carbonyl (C=O) groups is 2. The molecular weight excluding hydrogens is 328 g/mol. The highest BCUT2D eigenvalue weighted by atomic mass is 19.1. The predicted octanol–water partition coefficient (Wildman–Crippen LogP) is 3.24. The summed E-state index contributed by atoms with van der Waals surface area (Å²) in [7, 11) is 0. The zero-order valence-corrected chi connectivity index (χ0v) is 13.6. The molecular formula is C18H17F2N3O2. The number of hydrogen-bond donors (Lipinski definition) is 2. The van der Waals surface area contributed by atoms with E-state index in [1.165, 1.54) is 13.0 Å². The van der Waals surface area contributed by atoms with Crippen LogP contribution in [0.5, 0.6) is 0 Å². The van der Waals surface area contributed by atoms with Gasteiger partial charge in [0.25, 0.3) is 0 Å². The Morgan fingerprint density at radius 1 is 1.16 bits per heavy atom. The van der Waals surface area contributed by atoms with Crippen molar-refractivity contribution in [2.45, 2.75) is 12.8 Å². The maximum atomic E-state index is 13.8. The minimum Gasteiger partial charge on any atom is -0.336 e. The molecule has 1 aliphatic heterocycles. The SMILES string of the molecule is C[C@H](C(=O)Nc1ccc(N2CCNC2=O)cc1)c1c(F)cccc1F. The Hall–Kier alpha value is -2.96. The van der Waals surface area contributed by atoms with E-state index in [1.54, 1.807) is 29.2 Å². The molecule has 1 saturated heterocycles. The average Bonchev–Trinajstić information content (AvgIpc) is 3.01. The van der Waals surface area contributed by atoms with Crippen molar-refractivity contribution in [2.24, 2.45) is 0 Å². The summed E-state index contributed by atoms with van der Waals surface area (Å²) in [6, 6.07) is 10.0. The van der Waals surface area contributed by atoms with Crippen LogP contribution in [0.4, 0.5) is 25.0 Å². The number of nitrogens with zero attached hydrogens (tertiary/aromatic N) is 1. The fourth-order valence-corrected chi connectivity index (χ4v) is 2.75. The molecule has 1 heterocycles. The Bertz CT molecular complexity index is 788. The molecule has 5 nitrogen and oxygen atoms in total. The number of carbonyl (C=O) groups excluding carboxylic acids is 2. The second kappa shape index (κ2) is 6.88. The van der Waals surface area contributed by atoms with E-state index in [9.17, 15) is 18.4 Å². The molecule has 25 heavy (non-hydrogen) atoms. The lowest BCUT2D eigenvalue weighted by atomic mass is 9.99. The normalized spacial score (nSPS) is 15.0. The maximum Gasteiger partial charge on any atom is 0.321 e. The predicted molar refractivity (Wildman–Crippen MR) is 90.6 cm³/mol. The molecule has 0 bridgehead atoms. The van der Waals surface area contributed by atoms with Gasteiger partial charge in [-0.15, -0.1) is 0 Å². The molecule has 0 aliphatic carbocycles. The van der Waals surface area contributed by atoms with Gasteiger partial charge in [0.05, 0.1) is 5.92 Å². The van der Waals surface area contributed by atoms with Crippen molar-refractivity contribution in [3.63, 3.8) is 0 Å². The summed E-state index contributed by atoms with van der Waals surface area (Å²) in [5.74, 6) is -3.00. The molecule has 2 aromatic rings. The molecule has 0 unspecified atom stereocenters. The highest BCUT2D eigenvalue weighted by molar-refractivity contribution is 5.97. The van der Waals surface area contributed by atoms with Gasteiger partial charge >= 0.3 is 6.03 Å². The number of halogens is 2. The van der Waals surface area contributed by atoms with Crippen molar-refractivity contribution in [2.75, 3.05) is 23.3 Å². The molecule has 3 rings (SSSR count). The van der Waals surface area contributed by atoms with Gasteiger partial charge in [0.1, 0.15) is 11.6 Å². The molecule has 0 spiro atoms. The van der Waals surface area contributed by atoms with Crippen LogP contribution in [0.2, 0.25) is 0 Å². The van der Waals surface area contributed by atoms with Gasteiger partial charge in [-0.05, 0) is 43.3 Å². The summed E-state index contributed by atoms with van der Waals surface area (Å²) in [6.45, 7) is 2.61. The van der Waals surface area contributed by atoms with Crippen LogP contribution in [0.25, 0.3) is 0 Å². The number of nitrogens with one attached hydrogen (secondary N) is 2. The third-order valence-electron chi connectivity index (χ3n) is 4.13. The molecule has 0 radical (unpaired) electrons. The van der Waals surface area contributed by atoms with Gasteiger partial charge in [-0.2, -0.15) is 0 Å². The number of benzene rings is 2. The van der Waals surface area contributed by atoms with Crippen molar-refractivity contribution >= 4 is 23.3 Å². The fourth-order valence-electron chi connectivity index (χ4n) is 2.75. The molecule has 130 valence electrons. The van der Waals surface area contributed by atoms with E-state index in [2.05, 4.69) is 10.6 Å². The van der Waals surface area contributed by atoms with Crippen molar-refractivity contribution in [1.82, 2.24) is 5.32 Å². The zero-order chi connectivity index (χ0) is 18.0. The maximum absolute atomic E-state index is 13.8. The summed E-state index contributed by atoms with van der Waals surface area (Å²) in [5.41, 5.74) is 0.934. The third-order valence-corrected chi connectivity index (χ3v) is 4.13. The highest BCUT2D eigenvalue weighted by Crippen LogP contribution is 2.25. The summed E-state index contributed by atoms with van der Waals surface area (Å²) in [6.07, 6.45) is 0. The van der Waals surface area contributed by atoms with Crippen molar-refractivity contribution in [1.29, 1.82) is 0 Å². The van der Waals surface area contributed by atoms with E-state index in [-0.39, 0.29) is 11.6 Å². The smallest absolute Gasteiger partial charge is 0.321 e. The second-order valence-electron chi connectivity index (χ2n) is 5.78. The van der Waals surface area contributed by atoms with Crippen molar-refractivity contribution in [3.8, 4) is 0 Å². The topological polar surface area (TPSA) is 61.4 Å². The van der Waals surface area contributed by atoms with Crippen LogP contribution in [0.3, 0.4) is 0 Å². The first kappa shape index (κ1) is 16.9. The lowest BCUT2D eigenvalue weighted by Gasteiger charge is -2.16. The Labute approximate surface area is 143 Å². The van der Waals surface area contributed by atoms with E-state index < -0.39 is 23.5 Å². The van der Waals surface area contributed by atoms with Gasteiger partial charge in [0.2, 0.25) is 5.91 Å². The quantitative estimate of drug-likeness (QED) is 0.894. The third kappa shape index (κ3) is 3.45. The molecule has 0 aromatic heterocycles. The van der Waals surface area contributed by atoms with E-state index in [1.807, 2.05) is 0 Å². The molecule has 2 N–H and O–H groups in total. The molecule has 3 amide bonds. The Morgan fingerprint density at radius 2 is 1.80 bits per heavy atom. The molecule has 7 heteroatoms. The second-order valence-corrected chi connectivity index (χ2v) is 5.78. The number of rotatable bonds is 4. The van der Waals surface area contributed by atoms with E-state index in [0.717, 1.165) is 12.1 Å². The van der Waals surface area contributed by atoms with Crippen LogP contribution in [-0.4, -0.2) is 25.0 Å². The molecule has 1 fully saturated rings. The van der Waals surface area contributed by atoms with E-state index >= 15 is 0 Å². The number of urea groups is 1. The van der Waals surface area contributed by atoms with Gasteiger partial charge in [-0.1, -0.05) is 6.07 Å². The van der Waals surface area contributed by atoms with Gasteiger partial charge in [0.15, 0.2) is 0 Å². The molecule has 1 aliphatic rings.